The molecule has 0 aromatic carbocycles. The van der Waals surface area contributed by atoms with E-state index in [-0.39, 0.29) is 0 Å². The van der Waals surface area contributed by atoms with E-state index in [1.807, 2.05) is 0 Å². The van der Waals surface area contributed by atoms with Gasteiger partial charge in [-0.25, -0.2) is 0 Å². The van der Waals surface area contributed by atoms with Crippen LogP contribution in [0, 0.1) is 5.41 Å². The molecule has 62 valence electrons. The molecule has 0 radical (unpaired) electrons. The highest BCUT2D eigenvalue weighted by molar-refractivity contribution is 5.20. The molecule has 0 saturated carbocycles. The van der Waals surface area contributed by atoms with Crippen LogP contribution >= 0.6 is 0 Å². The van der Waals surface area contributed by atoms with Crippen LogP contribution in [0.25, 0.3) is 0 Å². The summed E-state index contributed by atoms with van der Waals surface area (Å²) in [4.78, 5) is 0. The minimum atomic E-state index is -0.420. The fourth-order valence-electron chi connectivity index (χ4n) is 1.48. The maximum absolute atomic E-state index is 9.40. The van der Waals surface area contributed by atoms with E-state index in [0.717, 1.165) is 18.4 Å². The lowest BCUT2D eigenvalue weighted by molar-refractivity contribution is 0.247. The number of hydrogen-bond acceptors (Lipinski definition) is 1. The molecule has 0 aliphatic heterocycles. The summed E-state index contributed by atoms with van der Waals surface area (Å²) in [5, 5.41) is 9.40. The van der Waals surface area contributed by atoms with Crippen molar-refractivity contribution in [3.8, 4) is 0 Å². The highest BCUT2D eigenvalue weighted by atomic mass is 16.3. The minimum absolute atomic E-state index is 0.347. The van der Waals surface area contributed by atoms with Crippen molar-refractivity contribution in [1.82, 2.24) is 0 Å². The van der Waals surface area contributed by atoms with Gasteiger partial charge >= 0.3 is 0 Å². The second kappa shape index (κ2) is 2.82. The van der Waals surface area contributed by atoms with Gasteiger partial charge in [0.2, 0.25) is 0 Å². The van der Waals surface area contributed by atoms with E-state index in [2.05, 4.69) is 26.5 Å². The Morgan fingerprint density at radius 1 is 1.73 bits per heavy atom. The average Bonchev–Trinajstić information content (AvgIpc) is 2.29. The van der Waals surface area contributed by atoms with Gasteiger partial charge in [-0.3, -0.25) is 0 Å². The van der Waals surface area contributed by atoms with E-state index in [0.29, 0.717) is 5.41 Å². The van der Waals surface area contributed by atoms with Gasteiger partial charge in [-0.05, 0) is 23.8 Å². The molecule has 1 atom stereocenters. The fraction of sp³-hybridized carbons (Fsp3) is 0.600. The van der Waals surface area contributed by atoms with Crippen LogP contribution < -0.4 is 0 Å². The third kappa shape index (κ3) is 1.93. The summed E-state index contributed by atoms with van der Waals surface area (Å²) >= 11 is 0. The number of allylic oxidation sites excluding steroid dienone is 1. The molecular formula is C10H16O. The molecule has 1 heteroatoms. The van der Waals surface area contributed by atoms with Gasteiger partial charge < -0.3 is 5.11 Å². The highest BCUT2D eigenvalue weighted by Crippen LogP contribution is 2.37. The maximum atomic E-state index is 9.40. The van der Waals surface area contributed by atoms with Crippen molar-refractivity contribution in [2.45, 2.75) is 32.8 Å². The third-order valence-electron chi connectivity index (χ3n) is 2.20. The molecule has 0 spiro atoms. The first-order chi connectivity index (χ1) is 5.05. The van der Waals surface area contributed by atoms with E-state index >= 15 is 0 Å². The number of rotatable bonds is 2. The first-order valence-electron chi connectivity index (χ1n) is 4.05. The van der Waals surface area contributed by atoms with Crippen LogP contribution in [0.3, 0.4) is 0 Å². The molecule has 1 rings (SSSR count). The molecule has 0 aromatic heterocycles. The van der Waals surface area contributed by atoms with Crippen molar-refractivity contribution >= 4 is 0 Å². The molecule has 0 heterocycles. The molecule has 0 fully saturated rings. The largest absolute Gasteiger partial charge is 0.385 e. The van der Waals surface area contributed by atoms with Crippen molar-refractivity contribution in [1.29, 1.82) is 0 Å². The van der Waals surface area contributed by atoms with Crippen molar-refractivity contribution in [2.24, 2.45) is 5.41 Å². The topological polar surface area (TPSA) is 20.2 Å². The Kier molecular flexibility index (Phi) is 2.19. The summed E-state index contributed by atoms with van der Waals surface area (Å²) in [6, 6.07) is 0. The van der Waals surface area contributed by atoms with Crippen LogP contribution in [0.1, 0.15) is 26.7 Å². The lowest BCUT2D eigenvalue weighted by Gasteiger charge is -2.17. The molecule has 1 unspecified atom stereocenters. The SMILES string of the molecule is C=CC(O)C1=CCC(C)(C)C1. The van der Waals surface area contributed by atoms with E-state index in [1.54, 1.807) is 6.08 Å². The quantitative estimate of drug-likeness (QED) is 0.602. The van der Waals surface area contributed by atoms with Crippen molar-refractivity contribution in [3.63, 3.8) is 0 Å². The van der Waals surface area contributed by atoms with Crippen LogP contribution in [0.4, 0.5) is 0 Å². The Morgan fingerprint density at radius 3 is 2.73 bits per heavy atom. The normalized spacial score (nSPS) is 24.5. The Morgan fingerprint density at radius 2 is 2.36 bits per heavy atom. The Bertz CT molecular complexity index is 189. The maximum Gasteiger partial charge on any atom is 0.0929 e. The third-order valence-corrected chi connectivity index (χ3v) is 2.20. The summed E-state index contributed by atoms with van der Waals surface area (Å²) in [6.07, 6.45) is 5.38. The zero-order valence-corrected chi connectivity index (χ0v) is 7.30. The van der Waals surface area contributed by atoms with Crippen LogP contribution in [0.15, 0.2) is 24.3 Å². The number of aliphatic hydroxyl groups is 1. The van der Waals surface area contributed by atoms with Crippen LogP contribution in [0.2, 0.25) is 0 Å². The van der Waals surface area contributed by atoms with Crippen molar-refractivity contribution < 1.29 is 5.11 Å². The van der Waals surface area contributed by atoms with Crippen LogP contribution in [-0.2, 0) is 0 Å². The molecule has 1 N–H and O–H groups in total. The zero-order chi connectivity index (χ0) is 8.48. The summed E-state index contributed by atoms with van der Waals surface area (Å²) in [6.45, 7) is 7.99. The summed E-state index contributed by atoms with van der Waals surface area (Å²) in [7, 11) is 0. The number of hydrogen-bond donors (Lipinski definition) is 1. The second-order valence-electron chi connectivity index (χ2n) is 4.00. The van der Waals surface area contributed by atoms with Crippen molar-refractivity contribution in [2.75, 3.05) is 0 Å². The molecule has 1 aliphatic carbocycles. The van der Waals surface area contributed by atoms with E-state index in [4.69, 9.17) is 0 Å². The number of aliphatic hydroxyl groups excluding tert-OH is 1. The fourth-order valence-corrected chi connectivity index (χ4v) is 1.48. The van der Waals surface area contributed by atoms with Gasteiger partial charge in [-0.15, -0.1) is 6.58 Å². The lowest BCUT2D eigenvalue weighted by atomic mass is 9.89. The summed E-state index contributed by atoms with van der Waals surface area (Å²) in [5.41, 5.74) is 1.48. The van der Waals surface area contributed by atoms with E-state index in [9.17, 15) is 5.11 Å². The Labute approximate surface area is 68.4 Å². The lowest BCUT2D eigenvalue weighted by Crippen LogP contribution is -2.10. The standard InChI is InChI=1S/C10H16O/c1-4-9(11)8-5-6-10(2,3)7-8/h4-5,9,11H,1,6-7H2,2-3H3. The van der Waals surface area contributed by atoms with Crippen molar-refractivity contribution in [3.05, 3.63) is 24.3 Å². The Hall–Kier alpha value is -0.560. The van der Waals surface area contributed by atoms with Gasteiger partial charge in [0.15, 0.2) is 0 Å². The zero-order valence-electron chi connectivity index (χ0n) is 7.30. The van der Waals surface area contributed by atoms with Crippen LogP contribution in [0.5, 0.6) is 0 Å². The predicted octanol–water partition coefficient (Wildman–Crippen LogP) is 2.28. The van der Waals surface area contributed by atoms with Gasteiger partial charge in [0.1, 0.15) is 0 Å². The average molecular weight is 152 g/mol. The molecule has 0 amide bonds. The molecule has 11 heavy (non-hydrogen) atoms. The van der Waals surface area contributed by atoms with Crippen LogP contribution in [-0.4, -0.2) is 11.2 Å². The van der Waals surface area contributed by atoms with Gasteiger partial charge in [0, 0.05) is 0 Å². The second-order valence-corrected chi connectivity index (χ2v) is 4.00. The minimum Gasteiger partial charge on any atom is -0.385 e. The Balaban J connectivity index is 2.59. The molecule has 0 bridgehead atoms. The smallest absolute Gasteiger partial charge is 0.0929 e. The summed E-state index contributed by atoms with van der Waals surface area (Å²) < 4.78 is 0. The molecule has 0 saturated heterocycles. The molecule has 1 aliphatic rings. The van der Waals surface area contributed by atoms with Gasteiger partial charge in [-0.2, -0.15) is 0 Å². The molecular weight excluding hydrogens is 136 g/mol. The molecule has 0 aromatic rings. The van der Waals surface area contributed by atoms with E-state index in [1.165, 1.54) is 0 Å². The van der Waals surface area contributed by atoms with Gasteiger partial charge in [0.05, 0.1) is 6.10 Å². The monoisotopic (exact) mass is 152 g/mol. The molecule has 1 nitrogen and oxygen atoms in total. The predicted molar refractivity (Wildman–Crippen MR) is 47.3 cm³/mol. The summed E-state index contributed by atoms with van der Waals surface area (Å²) in [5.74, 6) is 0. The first kappa shape index (κ1) is 8.54. The highest BCUT2D eigenvalue weighted by Gasteiger charge is 2.26. The van der Waals surface area contributed by atoms with Gasteiger partial charge in [-0.1, -0.05) is 26.0 Å². The van der Waals surface area contributed by atoms with Gasteiger partial charge in [0.25, 0.3) is 0 Å². The van der Waals surface area contributed by atoms with E-state index < -0.39 is 6.10 Å². The first-order valence-corrected chi connectivity index (χ1v) is 4.05.